The highest BCUT2D eigenvalue weighted by Gasteiger charge is 2.16. The molecule has 14 heavy (non-hydrogen) atoms. The first kappa shape index (κ1) is 10.8. The van der Waals surface area contributed by atoms with Crippen molar-refractivity contribution in [2.75, 3.05) is 6.61 Å². The summed E-state index contributed by atoms with van der Waals surface area (Å²) in [5, 5.41) is 4.23. The van der Waals surface area contributed by atoms with E-state index >= 15 is 0 Å². The second kappa shape index (κ2) is 4.26. The fourth-order valence-corrected chi connectivity index (χ4v) is 1.27. The van der Waals surface area contributed by atoms with Gasteiger partial charge in [0.1, 0.15) is 5.69 Å². The Morgan fingerprint density at radius 2 is 2.29 bits per heavy atom. The Morgan fingerprint density at radius 1 is 1.64 bits per heavy atom. The number of aryl methyl sites for hydroxylation is 1. The Balaban J connectivity index is 3.00. The number of esters is 1. The Bertz CT molecular complexity index is 329. The van der Waals surface area contributed by atoms with Gasteiger partial charge in [-0.05, 0) is 33.8 Å². The van der Waals surface area contributed by atoms with Crippen molar-refractivity contribution in [2.24, 2.45) is 0 Å². The lowest BCUT2D eigenvalue weighted by atomic mass is 10.3. The molecule has 0 aliphatic carbocycles. The number of carbonyl (C=O) groups is 1. The van der Waals surface area contributed by atoms with Gasteiger partial charge in [-0.1, -0.05) is 0 Å². The summed E-state index contributed by atoms with van der Waals surface area (Å²) in [6.07, 6.45) is 0. The molecule has 0 aliphatic heterocycles. The molecule has 0 fully saturated rings. The lowest BCUT2D eigenvalue weighted by Gasteiger charge is -2.09. The van der Waals surface area contributed by atoms with Crippen molar-refractivity contribution in [3.05, 3.63) is 17.5 Å². The lowest BCUT2D eigenvalue weighted by molar-refractivity contribution is 0.0510. The molecule has 0 radical (unpaired) electrons. The van der Waals surface area contributed by atoms with Crippen molar-refractivity contribution >= 4 is 5.97 Å². The number of aromatic nitrogens is 2. The molecule has 4 heteroatoms. The molecule has 1 aromatic rings. The molecule has 0 atom stereocenters. The lowest BCUT2D eigenvalue weighted by Crippen LogP contribution is -2.14. The fraction of sp³-hybridized carbons (Fsp3) is 0.600. The molecule has 0 spiro atoms. The SMILES string of the molecule is CCOC(=O)c1cc(C)nn1C(C)C. The van der Waals surface area contributed by atoms with E-state index < -0.39 is 0 Å². The van der Waals surface area contributed by atoms with E-state index in [9.17, 15) is 4.79 Å². The monoisotopic (exact) mass is 196 g/mol. The smallest absolute Gasteiger partial charge is 0.356 e. The Labute approximate surface area is 83.9 Å². The van der Waals surface area contributed by atoms with Crippen LogP contribution < -0.4 is 0 Å². The van der Waals surface area contributed by atoms with E-state index in [0.717, 1.165) is 5.69 Å². The molecule has 0 aromatic carbocycles. The zero-order chi connectivity index (χ0) is 10.7. The van der Waals surface area contributed by atoms with Crippen molar-refractivity contribution in [1.82, 2.24) is 9.78 Å². The molecule has 0 amide bonds. The van der Waals surface area contributed by atoms with Gasteiger partial charge < -0.3 is 4.74 Å². The largest absolute Gasteiger partial charge is 0.461 e. The maximum absolute atomic E-state index is 11.5. The molecular formula is C10H16N2O2. The van der Waals surface area contributed by atoms with Gasteiger partial charge in [0.2, 0.25) is 0 Å². The van der Waals surface area contributed by atoms with Gasteiger partial charge in [-0.15, -0.1) is 0 Å². The third-order valence-electron chi connectivity index (χ3n) is 1.83. The molecule has 0 bridgehead atoms. The van der Waals surface area contributed by atoms with Gasteiger partial charge in [0, 0.05) is 6.04 Å². The van der Waals surface area contributed by atoms with Crippen LogP contribution in [0, 0.1) is 6.92 Å². The molecule has 1 aromatic heterocycles. The zero-order valence-corrected chi connectivity index (χ0v) is 9.07. The second-order valence-corrected chi connectivity index (χ2v) is 3.43. The van der Waals surface area contributed by atoms with Crippen LogP contribution in [0.4, 0.5) is 0 Å². The maximum Gasteiger partial charge on any atom is 0.356 e. The van der Waals surface area contributed by atoms with Crippen molar-refractivity contribution in [3.8, 4) is 0 Å². The summed E-state index contributed by atoms with van der Waals surface area (Å²) in [6, 6.07) is 1.92. The highest BCUT2D eigenvalue weighted by molar-refractivity contribution is 5.87. The molecule has 78 valence electrons. The summed E-state index contributed by atoms with van der Waals surface area (Å²) in [7, 11) is 0. The molecule has 0 aliphatic rings. The Hall–Kier alpha value is -1.32. The van der Waals surface area contributed by atoms with Gasteiger partial charge in [0.05, 0.1) is 12.3 Å². The van der Waals surface area contributed by atoms with Gasteiger partial charge in [-0.25, -0.2) is 4.79 Å². The van der Waals surface area contributed by atoms with Crippen LogP contribution >= 0.6 is 0 Å². The third kappa shape index (κ3) is 2.13. The molecule has 0 saturated heterocycles. The molecule has 0 unspecified atom stereocenters. The average Bonchev–Trinajstić information content (AvgIpc) is 2.48. The van der Waals surface area contributed by atoms with Crippen LogP contribution in [-0.4, -0.2) is 22.4 Å². The first-order valence-electron chi connectivity index (χ1n) is 4.79. The van der Waals surface area contributed by atoms with Crippen LogP contribution in [0.3, 0.4) is 0 Å². The van der Waals surface area contributed by atoms with Crippen molar-refractivity contribution in [3.63, 3.8) is 0 Å². The van der Waals surface area contributed by atoms with Crippen LogP contribution in [0.25, 0.3) is 0 Å². The number of hydrogen-bond donors (Lipinski definition) is 0. The normalized spacial score (nSPS) is 10.6. The van der Waals surface area contributed by atoms with E-state index in [2.05, 4.69) is 5.10 Å². The van der Waals surface area contributed by atoms with Gasteiger partial charge in [0.15, 0.2) is 0 Å². The predicted octanol–water partition coefficient (Wildman–Crippen LogP) is 1.95. The van der Waals surface area contributed by atoms with Crippen LogP contribution in [0.5, 0.6) is 0 Å². The van der Waals surface area contributed by atoms with Gasteiger partial charge in [-0.2, -0.15) is 5.10 Å². The summed E-state index contributed by atoms with van der Waals surface area (Å²) in [5.41, 5.74) is 1.36. The molecular weight excluding hydrogens is 180 g/mol. The topological polar surface area (TPSA) is 44.1 Å². The number of ether oxygens (including phenoxy) is 1. The van der Waals surface area contributed by atoms with Gasteiger partial charge >= 0.3 is 5.97 Å². The van der Waals surface area contributed by atoms with E-state index in [1.165, 1.54) is 0 Å². The van der Waals surface area contributed by atoms with Gasteiger partial charge in [0.25, 0.3) is 0 Å². The first-order chi connectivity index (χ1) is 6.56. The Morgan fingerprint density at radius 3 is 2.79 bits per heavy atom. The first-order valence-corrected chi connectivity index (χ1v) is 4.79. The molecule has 0 saturated carbocycles. The zero-order valence-electron chi connectivity index (χ0n) is 9.07. The summed E-state index contributed by atoms with van der Waals surface area (Å²) in [4.78, 5) is 11.5. The number of rotatable bonds is 3. The maximum atomic E-state index is 11.5. The highest BCUT2D eigenvalue weighted by atomic mass is 16.5. The predicted molar refractivity (Wildman–Crippen MR) is 53.3 cm³/mol. The minimum atomic E-state index is -0.304. The minimum Gasteiger partial charge on any atom is -0.461 e. The second-order valence-electron chi connectivity index (χ2n) is 3.43. The van der Waals surface area contributed by atoms with E-state index in [1.807, 2.05) is 20.8 Å². The number of carbonyl (C=O) groups excluding carboxylic acids is 1. The van der Waals surface area contributed by atoms with Crippen LogP contribution in [0.15, 0.2) is 6.07 Å². The van der Waals surface area contributed by atoms with Crippen LogP contribution in [-0.2, 0) is 4.74 Å². The summed E-state index contributed by atoms with van der Waals surface area (Å²) in [6.45, 7) is 8.01. The number of nitrogens with zero attached hydrogens (tertiary/aromatic N) is 2. The quantitative estimate of drug-likeness (QED) is 0.694. The minimum absolute atomic E-state index is 0.170. The summed E-state index contributed by atoms with van der Waals surface area (Å²) < 4.78 is 6.62. The van der Waals surface area contributed by atoms with E-state index in [-0.39, 0.29) is 12.0 Å². The summed E-state index contributed by atoms with van der Waals surface area (Å²) >= 11 is 0. The molecule has 1 heterocycles. The summed E-state index contributed by atoms with van der Waals surface area (Å²) in [5.74, 6) is -0.304. The van der Waals surface area contributed by atoms with Crippen molar-refractivity contribution in [2.45, 2.75) is 33.7 Å². The Kier molecular flexibility index (Phi) is 3.28. The van der Waals surface area contributed by atoms with Crippen LogP contribution in [0.1, 0.15) is 43.0 Å². The number of hydrogen-bond acceptors (Lipinski definition) is 3. The van der Waals surface area contributed by atoms with E-state index in [0.29, 0.717) is 12.3 Å². The third-order valence-corrected chi connectivity index (χ3v) is 1.83. The van der Waals surface area contributed by atoms with Gasteiger partial charge in [-0.3, -0.25) is 4.68 Å². The molecule has 1 rings (SSSR count). The standard InChI is InChI=1S/C10H16N2O2/c1-5-14-10(13)9-6-8(4)11-12(9)7(2)3/h6-7H,5H2,1-4H3. The van der Waals surface area contributed by atoms with Crippen molar-refractivity contribution in [1.29, 1.82) is 0 Å². The van der Waals surface area contributed by atoms with Crippen LogP contribution in [0.2, 0.25) is 0 Å². The van der Waals surface area contributed by atoms with E-state index in [1.54, 1.807) is 17.7 Å². The molecule has 4 nitrogen and oxygen atoms in total. The average molecular weight is 196 g/mol. The van der Waals surface area contributed by atoms with E-state index in [4.69, 9.17) is 4.74 Å². The fourth-order valence-electron chi connectivity index (χ4n) is 1.27. The highest BCUT2D eigenvalue weighted by Crippen LogP contribution is 2.11. The van der Waals surface area contributed by atoms with Crippen molar-refractivity contribution < 1.29 is 9.53 Å². The molecule has 0 N–H and O–H groups in total.